The molecule has 7 nitrogen and oxygen atoms in total. The highest BCUT2D eigenvalue weighted by atomic mass is 79.9. The fourth-order valence-electron chi connectivity index (χ4n) is 2.42. The van der Waals surface area contributed by atoms with Gasteiger partial charge in [0.05, 0.1) is 17.7 Å². The summed E-state index contributed by atoms with van der Waals surface area (Å²) in [7, 11) is -3.76. The molecule has 3 rings (SSSR count). The highest BCUT2D eigenvalue weighted by molar-refractivity contribution is 9.10. The van der Waals surface area contributed by atoms with Crippen LogP contribution in [-0.2, 0) is 21.4 Å². The van der Waals surface area contributed by atoms with Gasteiger partial charge in [0.25, 0.3) is 5.91 Å². The Kier molecular flexibility index (Phi) is 6.73. The van der Waals surface area contributed by atoms with Crippen LogP contribution in [-0.4, -0.2) is 20.4 Å². The number of sulfonamides is 1. The summed E-state index contributed by atoms with van der Waals surface area (Å²) in [6.07, 6.45) is 0.700. The van der Waals surface area contributed by atoms with Crippen LogP contribution < -0.4 is 14.8 Å². The largest absolute Gasteiger partial charge is 0.481 e. The van der Waals surface area contributed by atoms with Gasteiger partial charge < -0.3 is 14.5 Å². The zero-order valence-electron chi connectivity index (χ0n) is 15.5. The molecular weight excluding hydrogens is 460 g/mol. The molecule has 9 heteroatoms. The van der Waals surface area contributed by atoms with Crippen LogP contribution in [0.25, 0.3) is 0 Å². The van der Waals surface area contributed by atoms with Gasteiger partial charge in [-0.05, 0) is 61.5 Å². The summed E-state index contributed by atoms with van der Waals surface area (Å²) >= 11 is 3.34. The van der Waals surface area contributed by atoms with Crippen LogP contribution in [0, 0.1) is 0 Å². The lowest BCUT2D eigenvalue weighted by molar-refractivity contribution is -0.122. The molecule has 2 N–H and O–H groups in total. The van der Waals surface area contributed by atoms with Crippen molar-refractivity contribution in [2.24, 2.45) is 0 Å². The number of halogens is 1. The van der Waals surface area contributed by atoms with Crippen LogP contribution in [0.5, 0.6) is 5.75 Å². The molecule has 0 spiro atoms. The molecule has 0 aliphatic rings. The second-order valence-electron chi connectivity index (χ2n) is 6.13. The molecule has 0 fully saturated rings. The van der Waals surface area contributed by atoms with E-state index in [2.05, 4.69) is 26.0 Å². The van der Waals surface area contributed by atoms with E-state index in [0.717, 1.165) is 4.47 Å². The molecule has 152 valence electrons. The molecule has 1 heterocycles. The highest BCUT2D eigenvalue weighted by Crippen LogP contribution is 2.19. The molecular formula is C20H19BrN2O5S. The summed E-state index contributed by atoms with van der Waals surface area (Å²) < 4.78 is 39.0. The van der Waals surface area contributed by atoms with Crippen LogP contribution in [0.3, 0.4) is 0 Å². The molecule has 3 aromatic rings. The first-order valence-corrected chi connectivity index (χ1v) is 11.0. The number of carbonyl (C=O) groups excluding carboxylic acids is 1. The van der Waals surface area contributed by atoms with Crippen molar-refractivity contribution in [2.45, 2.75) is 24.5 Å². The highest BCUT2D eigenvalue weighted by Gasteiger charge is 2.18. The fraction of sp³-hybridized carbons (Fsp3) is 0.150. The molecule has 1 aromatic heterocycles. The zero-order chi connectivity index (χ0) is 20.9. The van der Waals surface area contributed by atoms with Gasteiger partial charge in [-0.1, -0.05) is 22.0 Å². The van der Waals surface area contributed by atoms with E-state index < -0.39 is 22.0 Å². The van der Waals surface area contributed by atoms with Crippen molar-refractivity contribution < 1.29 is 22.4 Å². The predicted molar refractivity (Wildman–Crippen MR) is 112 cm³/mol. The number of hydrogen-bond acceptors (Lipinski definition) is 5. The third-order valence-electron chi connectivity index (χ3n) is 3.92. The first kappa shape index (κ1) is 21.1. The van der Waals surface area contributed by atoms with Gasteiger partial charge in [-0.25, -0.2) is 13.1 Å². The number of hydrogen-bond donors (Lipinski definition) is 2. The Morgan fingerprint density at radius 1 is 1.14 bits per heavy atom. The van der Waals surface area contributed by atoms with E-state index in [1.807, 2.05) is 12.1 Å². The minimum Gasteiger partial charge on any atom is -0.481 e. The lowest BCUT2D eigenvalue weighted by atomic mass is 10.3. The Morgan fingerprint density at radius 2 is 1.90 bits per heavy atom. The molecule has 0 saturated carbocycles. The standard InChI is InChI=1S/C20H19BrN2O5S/c1-14(28-17-9-7-15(21)8-10-17)20(24)23-16-4-2-6-19(12-16)29(25,26)22-13-18-5-3-11-27-18/h2-12,14,22H,13H2,1H3,(H,23,24). The van der Waals surface area contributed by atoms with E-state index in [-0.39, 0.29) is 11.4 Å². The maximum Gasteiger partial charge on any atom is 0.265 e. The van der Waals surface area contributed by atoms with E-state index in [9.17, 15) is 13.2 Å². The average molecular weight is 479 g/mol. The second kappa shape index (κ2) is 9.25. The number of benzene rings is 2. The normalized spacial score (nSPS) is 12.3. The number of amides is 1. The molecule has 0 aliphatic heterocycles. The van der Waals surface area contributed by atoms with Crippen molar-refractivity contribution in [2.75, 3.05) is 5.32 Å². The summed E-state index contributed by atoms with van der Waals surface area (Å²) in [5.41, 5.74) is 0.349. The van der Waals surface area contributed by atoms with Crippen LogP contribution >= 0.6 is 15.9 Å². The van der Waals surface area contributed by atoms with Gasteiger partial charge in [-0.3, -0.25) is 4.79 Å². The van der Waals surface area contributed by atoms with Gasteiger partial charge in [0, 0.05) is 10.2 Å². The topological polar surface area (TPSA) is 97.6 Å². The lowest BCUT2D eigenvalue weighted by Crippen LogP contribution is -2.30. The van der Waals surface area contributed by atoms with Crippen LogP contribution in [0.4, 0.5) is 5.69 Å². The van der Waals surface area contributed by atoms with Crippen molar-refractivity contribution in [3.63, 3.8) is 0 Å². The number of furan rings is 1. The first-order valence-electron chi connectivity index (χ1n) is 8.69. The third kappa shape index (κ3) is 5.93. The quantitative estimate of drug-likeness (QED) is 0.511. The van der Waals surface area contributed by atoms with Crippen molar-refractivity contribution in [1.82, 2.24) is 4.72 Å². The summed E-state index contributed by atoms with van der Waals surface area (Å²) in [6, 6.07) is 16.4. The SMILES string of the molecule is CC(Oc1ccc(Br)cc1)C(=O)Nc1cccc(S(=O)(=O)NCc2ccco2)c1. The second-order valence-corrected chi connectivity index (χ2v) is 8.82. The van der Waals surface area contributed by atoms with Gasteiger partial charge in [-0.15, -0.1) is 0 Å². The smallest absolute Gasteiger partial charge is 0.265 e. The molecule has 0 aliphatic carbocycles. The van der Waals surface area contributed by atoms with Crippen molar-refractivity contribution in [3.05, 3.63) is 77.2 Å². The number of carbonyl (C=O) groups is 1. The van der Waals surface area contributed by atoms with Crippen LogP contribution in [0.1, 0.15) is 12.7 Å². The number of ether oxygens (including phenoxy) is 1. The molecule has 2 aromatic carbocycles. The minimum atomic E-state index is -3.76. The van der Waals surface area contributed by atoms with E-state index in [1.54, 1.807) is 43.3 Å². The minimum absolute atomic E-state index is 0.0309. The maximum atomic E-state index is 12.5. The molecule has 1 unspecified atom stereocenters. The lowest BCUT2D eigenvalue weighted by Gasteiger charge is -2.15. The summed E-state index contributed by atoms with van der Waals surface area (Å²) in [5.74, 6) is 0.650. The number of rotatable bonds is 8. The Morgan fingerprint density at radius 3 is 2.59 bits per heavy atom. The molecule has 0 radical (unpaired) electrons. The monoisotopic (exact) mass is 478 g/mol. The van der Waals surface area contributed by atoms with Crippen molar-refractivity contribution in [1.29, 1.82) is 0 Å². The van der Waals surface area contributed by atoms with Crippen molar-refractivity contribution >= 4 is 37.5 Å². The fourth-order valence-corrected chi connectivity index (χ4v) is 3.72. The number of anilines is 1. The van der Waals surface area contributed by atoms with Crippen LogP contribution in [0.2, 0.25) is 0 Å². The third-order valence-corrected chi connectivity index (χ3v) is 5.85. The average Bonchev–Trinajstić information content (AvgIpc) is 3.22. The molecule has 1 atom stereocenters. The van der Waals surface area contributed by atoms with E-state index in [0.29, 0.717) is 17.2 Å². The van der Waals surface area contributed by atoms with E-state index in [4.69, 9.17) is 9.15 Å². The Bertz CT molecular complexity index is 1070. The van der Waals surface area contributed by atoms with Gasteiger partial charge in [0.15, 0.2) is 6.10 Å². The molecule has 0 saturated heterocycles. The number of nitrogens with one attached hydrogen (secondary N) is 2. The maximum absolute atomic E-state index is 12.5. The molecule has 0 bridgehead atoms. The zero-order valence-corrected chi connectivity index (χ0v) is 17.9. The van der Waals surface area contributed by atoms with Gasteiger partial charge >= 0.3 is 0 Å². The molecule has 1 amide bonds. The summed E-state index contributed by atoms with van der Waals surface area (Å²) in [4.78, 5) is 12.4. The summed E-state index contributed by atoms with van der Waals surface area (Å²) in [5, 5.41) is 2.67. The van der Waals surface area contributed by atoms with E-state index >= 15 is 0 Å². The Balaban J connectivity index is 1.63. The first-order chi connectivity index (χ1) is 13.8. The van der Waals surface area contributed by atoms with Crippen molar-refractivity contribution in [3.8, 4) is 5.75 Å². The van der Waals surface area contributed by atoms with Gasteiger partial charge in [-0.2, -0.15) is 0 Å². The molecule has 29 heavy (non-hydrogen) atoms. The van der Waals surface area contributed by atoms with Gasteiger partial charge in [0.1, 0.15) is 11.5 Å². The van der Waals surface area contributed by atoms with E-state index in [1.165, 1.54) is 18.4 Å². The Hall–Kier alpha value is -2.62. The Labute approximate surface area is 177 Å². The van der Waals surface area contributed by atoms with Gasteiger partial charge in [0.2, 0.25) is 10.0 Å². The summed E-state index contributed by atoms with van der Waals surface area (Å²) in [6.45, 7) is 1.65. The predicted octanol–water partition coefficient (Wildman–Crippen LogP) is 3.93. The van der Waals surface area contributed by atoms with Crippen LogP contribution in [0.15, 0.2) is 80.7 Å².